The van der Waals surface area contributed by atoms with E-state index in [9.17, 15) is 4.79 Å². The van der Waals surface area contributed by atoms with Crippen LogP contribution in [-0.2, 0) is 0 Å². The van der Waals surface area contributed by atoms with Gasteiger partial charge in [-0.25, -0.2) is 9.97 Å². The second-order valence-corrected chi connectivity index (χ2v) is 6.76. The second-order valence-electron chi connectivity index (χ2n) is 6.76. The lowest BCUT2D eigenvalue weighted by Crippen LogP contribution is -2.49. The van der Waals surface area contributed by atoms with Crippen molar-refractivity contribution in [3.63, 3.8) is 0 Å². The Balaban J connectivity index is 1.42. The number of carbonyl (C=O) groups is 1. The molecule has 1 fully saturated rings. The van der Waals surface area contributed by atoms with Crippen LogP contribution < -0.4 is 4.90 Å². The fraction of sp³-hybridized carbons (Fsp3) is 0.300. The molecular weight excluding hydrogens is 340 g/mol. The van der Waals surface area contributed by atoms with Crippen molar-refractivity contribution in [2.75, 3.05) is 31.1 Å². The van der Waals surface area contributed by atoms with Crippen LogP contribution in [0.25, 0.3) is 11.3 Å². The van der Waals surface area contributed by atoms with Crippen LogP contribution in [0.15, 0.2) is 42.5 Å². The molecule has 0 saturated carbocycles. The predicted octanol–water partition coefficient (Wildman–Crippen LogP) is 2.45. The molecule has 1 amide bonds. The van der Waals surface area contributed by atoms with Crippen molar-refractivity contribution in [1.29, 1.82) is 0 Å². The molecule has 27 heavy (non-hydrogen) atoms. The molecule has 2 aromatic heterocycles. The largest absolute Gasteiger partial charge is 0.337 e. The van der Waals surface area contributed by atoms with E-state index in [-0.39, 0.29) is 5.91 Å². The highest BCUT2D eigenvalue weighted by molar-refractivity contribution is 5.93. The Morgan fingerprint density at radius 1 is 0.963 bits per heavy atom. The van der Waals surface area contributed by atoms with Gasteiger partial charge >= 0.3 is 0 Å². The molecule has 1 saturated heterocycles. The first-order valence-corrected chi connectivity index (χ1v) is 9.07. The van der Waals surface area contributed by atoms with Crippen molar-refractivity contribution in [1.82, 2.24) is 25.1 Å². The molecule has 0 radical (unpaired) electrons. The number of nitrogens with one attached hydrogen (secondary N) is 1. The van der Waals surface area contributed by atoms with Crippen molar-refractivity contribution >= 4 is 11.9 Å². The number of anilines is 1. The van der Waals surface area contributed by atoms with E-state index < -0.39 is 0 Å². The average molecular weight is 362 g/mol. The first kappa shape index (κ1) is 17.2. The lowest BCUT2D eigenvalue weighted by molar-refractivity contribution is 0.0740. The van der Waals surface area contributed by atoms with Gasteiger partial charge in [-0.2, -0.15) is 5.10 Å². The number of aromatic amines is 1. The zero-order valence-corrected chi connectivity index (χ0v) is 15.5. The molecule has 1 aliphatic heterocycles. The quantitative estimate of drug-likeness (QED) is 0.774. The number of carbonyl (C=O) groups excluding carboxylic acids is 1. The minimum Gasteiger partial charge on any atom is -0.337 e. The van der Waals surface area contributed by atoms with Gasteiger partial charge in [0.1, 0.15) is 5.69 Å². The van der Waals surface area contributed by atoms with Crippen molar-refractivity contribution < 1.29 is 4.79 Å². The van der Waals surface area contributed by atoms with Gasteiger partial charge in [0.2, 0.25) is 5.95 Å². The molecule has 0 spiro atoms. The Hall–Kier alpha value is -3.22. The SMILES string of the molecule is Cc1cc(C)nc(N2CCN(C(=O)c3cc(-c4ccccc4)n[nH]3)CC2)n1. The number of piperazine rings is 1. The maximum atomic E-state index is 12.8. The molecule has 0 unspecified atom stereocenters. The topological polar surface area (TPSA) is 78.0 Å². The highest BCUT2D eigenvalue weighted by atomic mass is 16.2. The van der Waals surface area contributed by atoms with Crippen molar-refractivity contribution in [3.8, 4) is 11.3 Å². The maximum Gasteiger partial charge on any atom is 0.272 e. The number of hydrogen-bond donors (Lipinski definition) is 1. The van der Waals surface area contributed by atoms with Gasteiger partial charge in [-0.3, -0.25) is 9.89 Å². The summed E-state index contributed by atoms with van der Waals surface area (Å²) in [5.41, 5.74) is 4.21. The fourth-order valence-corrected chi connectivity index (χ4v) is 3.32. The normalized spacial score (nSPS) is 14.4. The molecule has 7 nitrogen and oxygen atoms in total. The van der Waals surface area contributed by atoms with Gasteiger partial charge in [-0.05, 0) is 26.0 Å². The number of hydrogen-bond acceptors (Lipinski definition) is 5. The van der Waals surface area contributed by atoms with Gasteiger partial charge in [0.05, 0.1) is 5.69 Å². The first-order valence-electron chi connectivity index (χ1n) is 9.07. The van der Waals surface area contributed by atoms with Crippen LogP contribution in [0, 0.1) is 13.8 Å². The molecule has 3 heterocycles. The molecule has 0 aliphatic carbocycles. The summed E-state index contributed by atoms with van der Waals surface area (Å²) < 4.78 is 0. The van der Waals surface area contributed by atoms with Crippen molar-refractivity contribution in [2.45, 2.75) is 13.8 Å². The van der Waals surface area contributed by atoms with Crippen LogP contribution in [0.5, 0.6) is 0 Å². The second kappa shape index (κ2) is 7.19. The molecule has 4 rings (SSSR count). The Kier molecular flexibility index (Phi) is 4.58. The number of benzene rings is 1. The monoisotopic (exact) mass is 362 g/mol. The molecular formula is C20H22N6O. The van der Waals surface area contributed by atoms with Crippen molar-refractivity contribution in [2.24, 2.45) is 0 Å². The molecule has 7 heteroatoms. The summed E-state index contributed by atoms with van der Waals surface area (Å²) in [7, 11) is 0. The van der Waals surface area contributed by atoms with E-state index in [4.69, 9.17) is 0 Å². The van der Waals surface area contributed by atoms with E-state index >= 15 is 0 Å². The molecule has 0 atom stereocenters. The number of nitrogens with zero attached hydrogens (tertiary/aromatic N) is 5. The van der Waals surface area contributed by atoms with Crippen LogP contribution >= 0.6 is 0 Å². The summed E-state index contributed by atoms with van der Waals surface area (Å²) in [6, 6.07) is 13.6. The van der Waals surface area contributed by atoms with Gasteiger partial charge in [0, 0.05) is 43.1 Å². The summed E-state index contributed by atoms with van der Waals surface area (Å²) in [5, 5.41) is 7.16. The Morgan fingerprint density at radius 3 is 2.30 bits per heavy atom. The molecule has 1 aromatic carbocycles. The Labute approximate surface area is 158 Å². The van der Waals surface area contributed by atoms with E-state index in [0.29, 0.717) is 31.9 Å². The Morgan fingerprint density at radius 2 is 1.63 bits per heavy atom. The molecule has 0 bridgehead atoms. The zero-order valence-electron chi connectivity index (χ0n) is 15.5. The fourth-order valence-electron chi connectivity index (χ4n) is 3.32. The third-order valence-corrected chi connectivity index (χ3v) is 4.70. The minimum absolute atomic E-state index is 0.0225. The third kappa shape index (κ3) is 3.67. The van der Waals surface area contributed by atoms with Gasteiger partial charge in [-0.1, -0.05) is 30.3 Å². The van der Waals surface area contributed by atoms with Crippen molar-refractivity contribution in [3.05, 3.63) is 59.5 Å². The van der Waals surface area contributed by atoms with Gasteiger partial charge in [0.25, 0.3) is 5.91 Å². The summed E-state index contributed by atoms with van der Waals surface area (Å²) in [5.74, 6) is 0.721. The number of amides is 1. The smallest absolute Gasteiger partial charge is 0.272 e. The summed E-state index contributed by atoms with van der Waals surface area (Å²) in [6.07, 6.45) is 0. The van der Waals surface area contributed by atoms with E-state index in [2.05, 4.69) is 25.1 Å². The minimum atomic E-state index is -0.0225. The van der Waals surface area contributed by atoms with E-state index in [1.54, 1.807) is 0 Å². The van der Waals surface area contributed by atoms with Crippen LogP contribution in [0.1, 0.15) is 21.9 Å². The van der Waals surface area contributed by atoms with Crippen LogP contribution in [-0.4, -0.2) is 57.2 Å². The summed E-state index contributed by atoms with van der Waals surface area (Å²) >= 11 is 0. The maximum absolute atomic E-state index is 12.8. The molecule has 3 aromatic rings. The van der Waals surface area contributed by atoms with Gasteiger partial charge in [-0.15, -0.1) is 0 Å². The summed E-state index contributed by atoms with van der Waals surface area (Å²) in [6.45, 7) is 6.65. The number of aryl methyl sites for hydroxylation is 2. The number of aromatic nitrogens is 4. The van der Waals surface area contributed by atoms with Gasteiger partial charge in [0.15, 0.2) is 0 Å². The van der Waals surface area contributed by atoms with E-state index in [0.717, 1.165) is 28.6 Å². The standard InChI is InChI=1S/C20H22N6O/c1-14-12-15(2)22-20(21-14)26-10-8-25(9-11-26)19(27)18-13-17(23-24-18)16-6-4-3-5-7-16/h3-7,12-13H,8-11H2,1-2H3,(H,23,24). The van der Waals surface area contributed by atoms with E-state index in [1.165, 1.54) is 0 Å². The first-order chi connectivity index (χ1) is 13.1. The lowest BCUT2D eigenvalue weighted by atomic mass is 10.1. The Bertz CT molecular complexity index is 924. The van der Waals surface area contributed by atoms with Crippen LogP contribution in [0.2, 0.25) is 0 Å². The molecule has 138 valence electrons. The van der Waals surface area contributed by atoms with Crippen LogP contribution in [0.3, 0.4) is 0 Å². The summed E-state index contributed by atoms with van der Waals surface area (Å²) in [4.78, 5) is 25.8. The molecule has 1 aliphatic rings. The zero-order chi connectivity index (χ0) is 18.8. The molecule has 1 N–H and O–H groups in total. The van der Waals surface area contributed by atoms with E-state index in [1.807, 2.05) is 61.2 Å². The van der Waals surface area contributed by atoms with Gasteiger partial charge < -0.3 is 9.80 Å². The number of rotatable bonds is 3. The number of H-pyrrole nitrogens is 1. The highest BCUT2D eigenvalue weighted by Gasteiger charge is 2.25. The average Bonchev–Trinajstić information content (AvgIpc) is 3.18. The third-order valence-electron chi connectivity index (χ3n) is 4.70. The highest BCUT2D eigenvalue weighted by Crippen LogP contribution is 2.19. The lowest BCUT2D eigenvalue weighted by Gasteiger charge is -2.34. The predicted molar refractivity (Wildman–Crippen MR) is 104 cm³/mol. The van der Waals surface area contributed by atoms with Crippen LogP contribution in [0.4, 0.5) is 5.95 Å².